The zero-order chi connectivity index (χ0) is 22.2. The first-order valence-electron chi connectivity index (χ1n) is 11.4. The number of H-pyrrole nitrogens is 1. The van der Waals surface area contributed by atoms with Crippen molar-refractivity contribution in [1.29, 1.82) is 0 Å². The third-order valence-corrected chi connectivity index (χ3v) is 6.77. The molecule has 0 saturated carbocycles. The minimum atomic E-state index is -0.558. The minimum Gasteiger partial charge on any atom is -0.354 e. The van der Waals surface area contributed by atoms with Crippen LogP contribution in [0.5, 0.6) is 0 Å². The van der Waals surface area contributed by atoms with Crippen LogP contribution in [0.2, 0.25) is 0 Å². The third-order valence-electron chi connectivity index (χ3n) is 6.77. The molecule has 3 heterocycles. The fourth-order valence-corrected chi connectivity index (χ4v) is 4.88. The number of nitrogens with zero attached hydrogens (tertiary/aromatic N) is 1. The van der Waals surface area contributed by atoms with E-state index in [9.17, 15) is 4.79 Å². The molecule has 5 heteroatoms. The van der Waals surface area contributed by atoms with Gasteiger partial charge in [-0.3, -0.25) is 9.78 Å². The Labute approximate surface area is 184 Å². The maximum Gasteiger partial charge on any atom is 0.230 e. The predicted molar refractivity (Wildman–Crippen MR) is 127 cm³/mol. The Kier molecular flexibility index (Phi) is 5.89. The molecule has 164 valence electrons. The highest BCUT2D eigenvalue weighted by molar-refractivity contribution is 5.94. The summed E-state index contributed by atoms with van der Waals surface area (Å²) in [4.78, 5) is 21.2. The Morgan fingerprint density at radius 2 is 2.00 bits per heavy atom. The lowest BCUT2D eigenvalue weighted by atomic mass is 9.76. The first-order valence-corrected chi connectivity index (χ1v) is 11.4. The lowest BCUT2D eigenvalue weighted by Gasteiger charge is -2.29. The van der Waals surface area contributed by atoms with E-state index in [1.807, 2.05) is 13.1 Å². The molecule has 5 nitrogen and oxygen atoms in total. The van der Waals surface area contributed by atoms with Crippen LogP contribution in [0.15, 0.2) is 36.5 Å². The number of nitrogens with two attached hydrogens (primary N) is 1. The van der Waals surface area contributed by atoms with Gasteiger partial charge in [0.15, 0.2) is 0 Å². The third kappa shape index (κ3) is 4.11. The van der Waals surface area contributed by atoms with Gasteiger partial charge in [-0.25, -0.2) is 0 Å². The quantitative estimate of drug-likeness (QED) is 0.563. The Bertz CT molecular complexity index is 1100. The number of nitrogens with one attached hydrogen (secondary N) is 2. The van der Waals surface area contributed by atoms with Gasteiger partial charge in [-0.1, -0.05) is 32.8 Å². The summed E-state index contributed by atoms with van der Waals surface area (Å²) in [6.07, 6.45) is 5.70. The zero-order valence-electron chi connectivity index (χ0n) is 19.1. The monoisotopic (exact) mass is 418 g/mol. The molecule has 1 fully saturated rings. The van der Waals surface area contributed by atoms with Crippen molar-refractivity contribution in [3.05, 3.63) is 53.3 Å². The van der Waals surface area contributed by atoms with Gasteiger partial charge >= 0.3 is 0 Å². The number of amides is 1. The zero-order valence-corrected chi connectivity index (χ0v) is 19.1. The average molecular weight is 419 g/mol. The van der Waals surface area contributed by atoms with Gasteiger partial charge in [0.2, 0.25) is 5.91 Å². The Hall–Kier alpha value is -2.66. The Balaban J connectivity index is 1.83. The number of aromatic nitrogens is 2. The van der Waals surface area contributed by atoms with Crippen LogP contribution < -0.4 is 11.1 Å². The smallest absolute Gasteiger partial charge is 0.230 e. The summed E-state index contributed by atoms with van der Waals surface area (Å²) in [7, 11) is 0. The number of aromatic amines is 1. The van der Waals surface area contributed by atoms with E-state index in [1.54, 1.807) is 0 Å². The number of carbonyl (C=O) groups is 1. The van der Waals surface area contributed by atoms with Crippen LogP contribution in [0, 0.1) is 6.92 Å². The highest BCUT2D eigenvalue weighted by atomic mass is 16.2. The standard InChI is InChI=1S/C26H34N4O/c1-16(2)23-21-14-19(26(4)11-6-5-7-20(27)15-29-25(26)31)8-9-22(21)30-24(23)18-10-12-28-17(3)13-18/h8-10,12-14,16,20,30H,5-7,11,15,27H2,1-4H3,(H,29,31). The van der Waals surface area contributed by atoms with Gasteiger partial charge in [0.05, 0.1) is 11.1 Å². The molecule has 4 N–H and O–H groups in total. The summed E-state index contributed by atoms with van der Waals surface area (Å²) in [6, 6.07) is 10.7. The molecule has 31 heavy (non-hydrogen) atoms. The number of benzene rings is 1. The fourth-order valence-electron chi connectivity index (χ4n) is 4.88. The van der Waals surface area contributed by atoms with Crippen LogP contribution in [0.1, 0.15) is 69.2 Å². The fraction of sp³-hybridized carbons (Fsp3) is 0.462. The molecule has 2 aromatic heterocycles. The van der Waals surface area contributed by atoms with Gasteiger partial charge in [0.1, 0.15) is 0 Å². The van der Waals surface area contributed by atoms with Crippen LogP contribution in [0.3, 0.4) is 0 Å². The van der Waals surface area contributed by atoms with Gasteiger partial charge < -0.3 is 16.0 Å². The maximum atomic E-state index is 13.2. The molecular formula is C26H34N4O. The second-order valence-corrected chi connectivity index (χ2v) is 9.56. The van der Waals surface area contributed by atoms with Crippen molar-refractivity contribution in [2.45, 2.75) is 70.8 Å². The predicted octanol–water partition coefficient (Wildman–Crippen LogP) is 4.94. The van der Waals surface area contributed by atoms with E-state index in [4.69, 9.17) is 5.73 Å². The number of carbonyl (C=O) groups excluding carboxylic acids is 1. The Morgan fingerprint density at radius 1 is 1.19 bits per heavy atom. The van der Waals surface area contributed by atoms with Crippen molar-refractivity contribution < 1.29 is 4.79 Å². The molecule has 0 radical (unpaired) electrons. The Morgan fingerprint density at radius 3 is 2.74 bits per heavy atom. The first kappa shape index (κ1) is 21.6. The lowest BCUT2D eigenvalue weighted by molar-refractivity contribution is -0.126. The number of aryl methyl sites for hydroxylation is 1. The largest absolute Gasteiger partial charge is 0.354 e. The van der Waals surface area contributed by atoms with Gasteiger partial charge in [-0.2, -0.15) is 0 Å². The van der Waals surface area contributed by atoms with Crippen LogP contribution in [-0.2, 0) is 10.2 Å². The van der Waals surface area contributed by atoms with E-state index in [-0.39, 0.29) is 11.9 Å². The molecule has 2 unspecified atom stereocenters. The highest BCUT2D eigenvalue weighted by Crippen LogP contribution is 2.39. The van der Waals surface area contributed by atoms with Crippen LogP contribution in [0.25, 0.3) is 22.2 Å². The summed E-state index contributed by atoms with van der Waals surface area (Å²) in [5.74, 6) is 0.420. The molecule has 3 aromatic rings. The summed E-state index contributed by atoms with van der Waals surface area (Å²) in [5, 5.41) is 4.30. The normalized spacial score (nSPS) is 22.8. The topological polar surface area (TPSA) is 83.8 Å². The van der Waals surface area contributed by atoms with E-state index < -0.39 is 5.41 Å². The van der Waals surface area contributed by atoms with Crippen molar-refractivity contribution in [2.24, 2.45) is 5.73 Å². The van der Waals surface area contributed by atoms with Crippen molar-refractivity contribution in [2.75, 3.05) is 6.54 Å². The molecule has 0 spiro atoms. The van der Waals surface area contributed by atoms with Gasteiger partial charge in [-0.05, 0) is 68.0 Å². The molecular weight excluding hydrogens is 384 g/mol. The van der Waals surface area contributed by atoms with Crippen molar-refractivity contribution in [3.63, 3.8) is 0 Å². The lowest BCUT2D eigenvalue weighted by Crippen LogP contribution is -2.45. The number of hydrogen-bond acceptors (Lipinski definition) is 3. The molecule has 0 aliphatic carbocycles. The summed E-state index contributed by atoms with van der Waals surface area (Å²) >= 11 is 0. The molecule has 1 amide bonds. The van der Waals surface area contributed by atoms with Crippen LogP contribution in [-0.4, -0.2) is 28.5 Å². The number of pyridine rings is 1. The molecule has 1 saturated heterocycles. The van der Waals surface area contributed by atoms with Gasteiger partial charge in [0.25, 0.3) is 0 Å². The summed E-state index contributed by atoms with van der Waals surface area (Å²) in [6.45, 7) is 9.09. The number of rotatable bonds is 3. The van der Waals surface area contributed by atoms with Crippen molar-refractivity contribution in [3.8, 4) is 11.3 Å². The summed E-state index contributed by atoms with van der Waals surface area (Å²) < 4.78 is 0. The van der Waals surface area contributed by atoms with E-state index in [0.717, 1.165) is 53.7 Å². The SMILES string of the molecule is Cc1cc(-c2[nH]c3ccc(C4(C)CCCCC(N)CNC4=O)cc3c2C(C)C)ccn1. The van der Waals surface area contributed by atoms with Gasteiger partial charge in [0, 0.05) is 40.9 Å². The van der Waals surface area contributed by atoms with Crippen molar-refractivity contribution >= 4 is 16.8 Å². The molecule has 1 aromatic carbocycles. The molecule has 1 aliphatic heterocycles. The second kappa shape index (κ2) is 8.46. The van der Waals surface area contributed by atoms with E-state index in [0.29, 0.717) is 12.5 Å². The minimum absolute atomic E-state index is 0.0392. The first-order chi connectivity index (χ1) is 14.8. The highest BCUT2D eigenvalue weighted by Gasteiger charge is 2.36. The molecule has 4 rings (SSSR count). The molecule has 1 aliphatic rings. The molecule has 2 atom stereocenters. The van der Waals surface area contributed by atoms with Gasteiger partial charge in [-0.15, -0.1) is 0 Å². The average Bonchev–Trinajstić information content (AvgIpc) is 3.15. The molecule has 0 bridgehead atoms. The second-order valence-electron chi connectivity index (χ2n) is 9.56. The van der Waals surface area contributed by atoms with Crippen LogP contribution in [0.4, 0.5) is 0 Å². The number of fused-ring (bicyclic) bond motifs is 1. The van der Waals surface area contributed by atoms with E-state index in [1.165, 1.54) is 10.9 Å². The van der Waals surface area contributed by atoms with Crippen LogP contribution >= 0.6 is 0 Å². The van der Waals surface area contributed by atoms with Crippen molar-refractivity contribution in [1.82, 2.24) is 15.3 Å². The maximum absolute atomic E-state index is 13.2. The van der Waals surface area contributed by atoms with E-state index >= 15 is 0 Å². The van der Waals surface area contributed by atoms with E-state index in [2.05, 4.69) is 66.4 Å². The number of hydrogen-bond donors (Lipinski definition) is 3. The summed E-state index contributed by atoms with van der Waals surface area (Å²) in [5.41, 5.74) is 12.3.